The second-order valence-electron chi connectivity index (χ2n) is 4.69. The molecule has 0 fully saturated rings. The molecule has 0 heterocycles. The van der Waals surface area contributed by atoms with E-state index in [4.69, 9.17) is 11.3 Å². The molecule has 0 bridgehead atoms. The molecule has 1 aromatic carbocycles. The second kappa shape index (κ2) is 6.88. The molecule has 3 N–H and O–H groups in total. The van der Waals surface area contributed by atoms with Crippen LogP contribution in [0.1, 0.15) is 24.5 Å². The van der Waals surface area contributed by atoms with E-state index in [0.29, 0.717) is 30.6 Å². The van der Waals surface area contributed by atoms with Gasteiger partial charge in [-0.15, -0.1) is 0 Å². The predicted octanol–water partition coefficient (Wildman–Crippen LogP) is 2.12. The molecule has 0 aliphatic heterocycles. The average Bonchev–Trinajstić information content (AvgIpc) is 2.41. The molecule has 0 aliphatic carbocycles. The van der Waals surface area contributed by atoms with Crippen molar-refractivity contribution < 1.29 is 9.18 Å². The Morgan fingerprint density at radius 3 is 2.85 bits per heavy atom. The molecule has 0 radical (unpaired) electrons. The van der Waals surface area contributed by atoms with Gasteiger partial charge >= 0.3 is 0 Å². The summed E-state index contributed by atoms with van der Waals surface area (Å²) in [6, 6.07) is 4.58. The van der Waals surface area contributed by atoms with E-state index in [2.05, 4.69) is 15.3 Å². The normalized spacial score (nSPS) is 13.3. The van der Waals surface area contributed by atoms with Crippen molar-refractivity contribution in [2.75, 3.05) is 13.1 Å². The van der Waals surface area contributed by atoms with Crippen LogP contribution in [0.5, 0.6) is 0 Å². The Morgan fingerprint density at radius 1 is 1.60 bits per heavy atom. The van der Waals surface area contributed by atoms with Gasteiger partial charge < -0.3 is 5.73 Å². The maximum Gasteiger partial charge on any atom is 0.242 e. The molecule has 7 heteroatoms. The number of hydrogen-bond donors (Lipinski definition) is 2. The summed E-state index contributed by atoms with van der Waals surface area (Å²) < 4.78 is 13.6. The average molecular weight is 279 g/mol. The first kappa shape index (κ1) is 15.9. The van der Waals surface area contributed by atoms with Gasteiger partial charge in [-0.05, 0) is 49.5 Å². The Kier molecular flexibility index (Phi) is 5.49. The van der Waals surface area contributed by atoms with Crippen LogP contribution in [0, 0.1) is 12.7 Å². The molecule has 1 atom stereocenters. The van der Waals surface area contributed by atoms with Crippen LogP contribution in [0.2, 0.25) is 0 Å². The number of nitrogens with zero attached hydrogens (tertiary/aromatic N) is 3. The van der Waals surface area contributed by atoms with Gasteiger partial charge in [0.25, 0.3) is 0 Å². The largest absolute Gasteiger partial charge is 0.368 e. The predicted molar refractivity (Wildman–Crippen MR) is 74.3 cm³/mol. The first-order chi connectivity index (χ1) is 9.41. The summed E-state index contributed by atoms with van der Waals surface area (Å²) in [5, 5.41) is 6.39. The van der Waals surface area contributed by atoms with Crippen LogP contribution >= 0.6 is 0 Å². The van der Waals surface area contributed by atoms with Gasteiger partial charge in [-0.25, -0.2) is 4.39 Å². The lowest BCUT2D eigenvalue weighted by Gasteiger charge is -2.28. The summed E-state index contributed by atoms with van der Waals surface area (Å²) in [7, 11) is 0. The zero-order valence-electron chi connectivity index (χ0n) is 11.6. The van der Waals surface area contributed by atoms with Gasteiger partial charge in [0.15, 0.2) is 0 Å². The summed E-state index contributed by atoms with van der Waals surface area (Å²) in [4.78, 5) is 14.3. The van der Waals surface area contributed by atoms with Gasteiger partial charge in [0.2, 0.25) is 5.91 Å². The smallest absolute Gasteiger partial charge is 0.242 e. The highest BCUT2D eigenvalue weighted by Crippen LogP contribution is 2.22. The minimum absolute atomic E-state index is 0.320. The fourth-order valence-electron chi connectivity index (χ4n) is 1.77. The van der Waals surface area contributed by atoms with Crippen molar-refractivity contribution in [1.29, 1.82) is 0 Å². The highest BCUT2D eigenvalue weighted by molar-refractivity contribution is 5.85. The number of carbonyl (C=O) groups is 1. The zero-order chi connectivity index (χ0) is 15.2. The third kappa shape index (κ3) is 3.69. The fourth-order valence-corrected chi connectivity index (χ4v) is 1.77. The van der Waals surface area contributed by atoms with E-state index >= 15 is 0 Å². The van der Waals surface area contributed by atoms with Crippen LogP contribution in [0.4, 0.5) is 4.39 Å². The molecule has 0 aromatic heterocycles. The summed E-state index contributed by atoms with van der Waals surface area (Å²) in [5.74, 6) is -0.976. The third-order valence-corrected chi connectivity index (χ3v) is 3.22. The highest BCUT2D eigenvalue weighted by Gasteiger charge is 2.32. The van der Waals surface area contributed by atoms with E-state index in [0.717, 1.165) is 0 Å². The van der Waals surface area contributed by atoms with Gasteiger partial charge in [0, 0.05) is 11.5 Å². The van der Waals surface area contributed by atoms with E-state index in [9.17, 15) is 9.18 Å². The van der Waals surface area contributed by atoms with Gasteiger partial charge in [-0.2, -0.15) is 0 Å². The lowest BCUT2D eigenvalue weighted by atomic mass is 9.90. The summed E-state index contributed by atoms with van der Waals surface area (Å²) >= 11 is 0. The van der Waals surface area contributed by atoms with E-state index in [1.54, 1.807) is 26.0 Å². The molecule has 6 nitrogen and oxygen atoms in total. The molecule has 108 valence electrons. The number of primary amides is 1. The number of rotatable bonds is 7. The number of hydrogen-bond acceptors (Lipinski definition) is 3. The lowest BCUT2D eigenvalue weighted by Crippen LogP contribution is -2.50. The van der Waals surface area contributed by atoms with Crippen molar-refractivity contribution >= 4 is 5.91 Å². The highest BCUT2D eigenvalue weighted by atomic mass is 19.1. The monoisotopic (exact) mass is 279 g/mol. The van der Waals surface area contributed by atoms with Gasteiger partial charge in [-0.3, -0.25) is 10.1 Å². The van der Waals surface area contributed by atoms with Crippen molar-refractivity contribution in [2.45, 2.75) is 25.8 Å². The first-order valence-corrected chi connectivity index (χ1v) is 6.24. The van der Waals surface area contributed by atoms with Crippen LogP contribution in [-0.2, 0) is 10.3 Å². The first-order valence-electron chi connectivity index (χ1n) is 6.24. The van der Waals surface area contributed by atoms with E-state index in [1.807, 2.05) is 0 Å². The Labute approximate surface area is 116 Å². The van der Waals surface area contributed by atoms with Crippen LogP contribution in [-0.4, -0.2) is 19.0 Å². The van der Waals surface area contributed by atoms with Crippen LogP contribution in [0.15, 0.2) is 23.3 Å². The zero-order valence-corrected chi connectivity index (χ0v) is 11.6. The number of benzene rings is 1. The molecule has 1 amide bonds. The quantitative estimate of drug-likeness (QED) is 0.345. The number of carbonyl (C=O) groups excluding carboxylic acids is 1. The number of aryl methyl sites for hydroxylation is 1. The number of nitrogens with two attached hydrogens (primary N) is 1. The van der Waals surface area contributed by atoms with E-state index in [1.165, 1.54) is 6.07 Å². The summed E-state index contributed by atoms with van der Waals surface area (Å²) in [5.41, 5.74) is 13.4. The lowest BCUT2D eigenvalue weighted by molar-refractivity contribution is -0.124. The number of halogens is 1. The van der Waals surface area contributed by atoms with Crippen molar-refractivity contribution in [3.63, 3.8) is 0 Å². The van der Waals surface area contributed by atoms with Gasteiger partial charge in [0.05, 0.1) is 0 Å². The second-order valence-corrected chi connectivity index (χ2v) is 4.69. The summed E-state index contributed by atoms with van der Waals surface area (Å²) in [6.45, 7) is 4.00. The standard InChI is InChI=1S/C13H18FN5O/c1-9-4-5-10(8-11(9)14)13(2,12(15)20)17-6-3-7-18-19-16/h4-5,8,17H,3,6-7H2,1-2H3,(H2,15,20). The van der Waals surface area contributed by atoms with Crippen molar-refractivity contribution in [2.24, 2.45) is 10.8 Å². The maximum absolute atomic E-state index is 13.6. The molecule has 0 saturated carbocycles. The number of amides is 1. The molecular formula is C13H18FN5O. The van der Waals surface area contributed by atoms with Gasteiger partial charge in [-0.1, -0.05) is 17.2 Å². The molecule has 0 aliphatic rings. The van der Waals surface area contributed by atoms with E-state index in [-0.39, 0.29) is 5.82 Å². The Bertz CT molecular complexity index is 542. The Balaban J connectivity index is 2.87. The molecule has 1 rings (SSSR count). The number of nitrogens with one attached hydrogen (secondary N) is 1. The SMILES string of the molecule is Cc1ccc(C(C)(NCCCN=[N+]=[N-])C(N)=O)cc1F. The minimum atomic E-state index is -1.16. The molecular weight excluding hydrogens is 261 g/mol. The third-order valence-electron chi connectivity index (χ3n) is 3.22. The van der Waals surface area contributed by atoms with Crippen LogP contribution < -0.4 is 11.1 Å². The van der Waals surface area contributed by atoms with Crippen LogP contribution in [0.25, 0.3) is 10.4 Å². The van der Waals surface area contributed by atoms with Crippen LogP contribution in [0.3, 0.4) is 0 Å². The molecule has 0 spiro atoms. The Hall–Kier alpha value is -2.11. The van der Waals surface area contributed by atoms with Crippen molar-refractivity contribution in [1.82, 2.24) is 5.32 Å². The molecule has 1 aromatic rings. The Morgan fingerprint density at radius 2 is 2.30 bits per heavy atom. The van der Waals surface area contributed by atoms with Gasteiger partial charge in [0.1, 0.15) is 11.4 Å². The maximum atomic E-state index is 13.6. The minimum Gasteiger partial charge on any atom is -0.368 e. The summed E-state index contributed by atoms with van der Waals surface area (Å²) in [6.07, 6.45) is 0.557. The van der Waals surface area contributed by atoms with Crippen molar-refractivity contribution in [3.05, 3.63) is 45.6 Å². The molecule has 1 unspecified atom stereocenters. The van der Waals surface area contributed by atoms with E-state index < -0.39 is 11.4 Å². The van der Waals surface area contributed by atoms with Crippen molar-refractivity contribution in [3.8, 4) is 0 Å². The number of azide groups is 1. The molecule has 0 saturated heterocycles. The topological polar surface area (TPSA) is 104 Å². The fraction of sp³-hybridized carbons (Fsp3) is 0.462. The molecule has 20 heavy (non-hydrogen) atoms.